The van der Waals surface area contributed by atoms with Crippen LogP contribution in [-0.4, -0.2) is 28.0 Å². The van der Waals surface area contributed by atoms with Crippen LogP contribution in [0, 0.1) is 5.82 Å². The molecule has 0 aromatic heterocycles. The van der Waals surface area contributed by atoms with Crippen LogP contribution in [0.5, 0.6) is 5.75 Å². The van der Waals surface area contributed by atoms with Gasteiger partial charge in [0.05, 0.1) is 17.7 Å². The molecule has 3 rings (SSSR count). The van der Waals surface area contributed by atoms with Crippen LogP contribution in [0.3, 0.4) is 0 Å². The van der Waals surface area contributed by atoms with Crippen molar-refractivity contribution >= 4 is 38.9 Å². The minimum atomic E-state index is -4.24. The van der Waals surface area contributed by atoms with E-state index >= 15 is 0 Å². The first kappa shape index (κ1) is 21.6. The highest BCUT2D eigenvalue weighted by molar-refractivity contribution is 7.92. The van der Waals surface area contributed by atoms with Crippen molar-refractivity contribution < 1.29 is 22.3 Å². The monoisotopic (exact) mass is 448 g/mol. The van der Waals surface area contributed by atoms with Crippen LogP contribution in [0.25, 0.3) is 0 Å². The molecule has 3 aromatic rings. The number of amides is 1. The minimum absolute atomic E-state index is 0.106. The molecule has 0 unspecified atom stereocenters. The summed E-state index contributed by atoms with van der Waals surface area (Å²) in [6.07, 6.45) is 0. The summed E-state index contributed by atoms with van der Waals surface area (Å²) in [4.78, 5) is 12.5. The SMILES string of the molecule is COc1ccc(S(=O)(=O)N(CC(=O)Nc2ccc(Cl)cc2)c2ccccc2F)cc1. The van der Waals surface area contributed by atoms with Crippen LogP contribution in [-0.2, 0) is 14.8 Å². The second kappa shape index (κ2) is 9.15. The summed E-state index contributed by atoms with van der Waals surface area (Å²) in [5.74, 6) is -0.946. The van der Waals surface area contributed by atoms with Gasteiger partial charge in [-0.2, -0.15) is 0 Å². The summed E-state index contributed by atoms with van der Waals surface area (Å²) >= 11 is 5.83. The van der Waals surface area contributed by atoms with Gasteiger partial charge in [-0.3, -0.25) is 9.10 Å². The van der Waals surface area contributed by atoms with Crippen molar-refractivity contribution in [3.8, 4) is 5.75 Å². The first-order valence-corrected chi connectivity index (χ1v) is 10.6. The van der Waals surface area contributed by atoms with E-state index in [4.69, 9.17) is 16.3 Å². The van der Waals surface area contributed by atoms with Gasteiger partial charge < -0.3 is 10.1 Å². The van der Waals surface area contributed by atoms with Crippen LogP contribution in [0.1, 0.15) is 0 Å². The molecule has 0 heterocycles. The molecule has 0 saturated carbocycles. The molecule has 0 fully saturated rings. The molecular formula is C21H18ClFN2O4S. The minimum Gasteiger partial charge on any atom is -0.497 e. The molecule has 30 heavy (non-hydrogen) atoms. The van der Waals surface area contributed by atoms with E-state index in [1.54, 1.807) is 24.3 Å². The smallest absolute Gasteiger partial charge is 0.264 e. The highest BCUT2D eigenvalue weighted by Crippen LogP contribution is 2.27. The first-order valence-electron chi connectivity index (χ1n) is 8.78. The second-order valence-corrected chi connectivity index (χ2v) is 8.49. The molecule has 0 saturated heterocycles. The summed E-state index contributed by atoms with van der Waals surface area (Å²) in [5, 5.41) is 3.07. The zero-order valence-electron chi connectivity index (χ0n) is 15.9. The van der Waals surface area contributed by atoms with Gasteiger partial charge in [0.15, 0.2) is 0 Å². The third-order valence-electron chi connectivity index (χ3n) is 4.18. The molecule has 0 aliphatic carbocycles. The number of para-hydroxylation sites is 1. The van der Waals surface area contributed by atoms with E-state index < -0.39 is 28.3 Å². The Morgan fingerprint density at radius 3 is 2.27 bits per heavy atom. The van der Waals surface area contributed by atoms with Crippen molar-refractivity contribution in [2.45, 2.75) is 4.90 Å². The molecule has 0 spiro atoms. The molecular weight excluding hydrogens is 431 g/mol. The van der Waals surface area contributed by atoms with Gasteiger partial charge in [0.2, 0.25) is 5.91 Å². The van der Waals surface area contributed by atoms with Gasteiger partial charge in [-0.05, 0) is 60.7 Å². The standard InChI is InChI=1S/C21H18ClFN2O4S/c1-29-17-10-12-18(13-11-17)30(27,28)25(20-5-3-2-4-19(20)23)14-21(26)24-16-8-6-15(22)7-9-16/h2-13H,14H2,1H3,(H,24,26). The number of methoxy groups -OCH3 is 1. The lowest BCUT2D eigenvalue weighted by Crippen LogP contribution is -2.38. The summed E-state index contributed by atoms with van der Waals surface area (Å²) in [6, 6.07) is 17.3. The first-order chi connectivity index (χ1) is 14.3. The fourth-order valence-electron chi connectivity index (χ4n) is 2.69. The van der Waals surface area contributed by atoms with Gasteiger partial charge >= 0.3 is 0 Å². The molecule has 9 heteroatoms. The van der Waals surface area contributed by atoms with Gasteiger partial charge in [0.25, 0.3) is 10.0 Å². The predicted octanol–water partition coefficient (Wildman–Crippen LogP) is 4.32. The number of anilines is 2. The van der Waals surface area contributed by atoms with Crippen molar-refractivity contribution in [3.05, 3.63) is 83.6 Å². The maximum Gasteiger partial charge on any atom is 0.264 e. The van der Waals surface area contributed by atoms with Crippen LogP contribution in [0.15, 0.2) is 77.7 Å². The van der Waals surface area contributed by atoms with Gasteiger partial charge in [0.1, 0.15) is 18.1 Å². The van der Waals surface area contributed by atoms with Gasteiger partial charge in [0, 0.05) is 10.7 Å². The average Bonchev–Trinajstić information content (AvgIpc) is 2.74. The number of carbonyl (C=O) groups is 1. The number of carbonyl (C=O) groups excluding carboxylic acids is 1. The molecule has 6 nitrogen and oxygen atoms in total. The number of hydrogen-bond acceptors (Lipinski definition) is 4. The number of sulfonamides is 1. The zero-order chi connectivity index (χ0) is 21.7. The topological polar surface area (TPSA) is 75.7 Å². The molecule has 0 aliphatic heterocycles. The lowest BCUT2D eigenvalue weighted by molar-refractivity contribution is -0.114. The molecule has 0 radical (unpaired) electrons. The highest BCUT2D eigenvalue weighted by Gasteiger charge is 2.29. The number of hydrogen-bond donors (Lipinski definition) is 1. The maximum atomic E-state index is 14.5. The zero-order valence-corrected chi connectivity index (χ0v) is 17.5. The molecule has 1 amide bonds. The third kappa shape index (κ3) is 4.90. The van der Waals surface area contributed by atoms with Crippen LogP contribution in [0.2, 0.25) is 5.02 Å². The average molecular weight is 449 g/mol. The van der Waals surface area contributed by atoms with Crippen molar-refractivity contribution in [2.24, 2.45) is 0 Å². The molecule has 156 valence electrons. The number of ether oxygens (including phenoxy) is 1. The molecule has 1 N–H and O–H groups in total. The number of halogens is 2. The summed E-state index contributed by atoms with van der Waals surface area (Å²) in [5.41, 5.74) is 0.194. The van der Waals surface area contributed by atoms with Gasteiger partial charge in [-0.25, -0.2) is 12.8 Å². The number of benzene rings is 3. The van der Waals surface area contributed by atoms with E-state index in [-0.39, 0.29) is 10.6 Å². The molecule has 0 bridgehead atoms. The Hall–Kier alpha value is -3.10. The largest absolute Gasteiger partial charge is 0.497 e. The van der Waals surface area contributed by atoms with E-state index in [2.05, 4.69) is 5.32 Å². The quantitative estimate of drug-likeness (QED) is 0.584. The Morgan fingerprint density at radius 2 is 1.67 bits per heavy atom. The van der Waals surface area contributed by atoms with E-state index in [1.165, 1.54) is 49.6 Å². The van der Waals surface area contributed by atoms with Crippen molar-refractivity contribution in [3.63, 3.8) is 0 Å². The maximum absolute atomic E-state index is 14.5. The lowest BCUT2D eigenvalue weighted by Gasteiger charge is -2.24. The van der Waals surface area contributed by atoms with E-state index in [0.29, 0.717) is 16.5 Å². The van der Waals surface area contributed by atoms with Crippen LogP contribution in [0.4, 0.5) is 15.8 Å². The fourth-order valence-corrected chi connectivity index (χ4v) is 4.25. The third-order valence-corrected chi connectivity index (χ3v) is 6.21. The number of rotatable bonds is 7. The van der Waals surface area contributed by atoms with Crippen LogP contribution >= 0.6 is 11.6 Å². The normalized spacial score (nSPS) is 11.0. The Bertz CT molecular complexity index is 1140. The fraction of sp³-hybridized carbons (Fsp3) is 0.0952. The Morgan fingerprint density at radius 1 is 1.03 bits per heavy atom. The van der Waals surface area contributed by atoms with E-state index in [0.717, 1.165) is 10.4 Å². The lowest BCUT2D eigenvalue weighted by atomic mass is 10.3. The van der Waals surface area contributed by atoms with Crippen molar-refractivity contribution in [1.82, 2.24) is 0 Å². The van der Waals surface area contributed by atoms with Crippen LogP contribution < -0.4 is 14.4 Å². The predicted molar refractivity (Wildman–Crippen MR) is 114 cm³/mol. The summed E-state index contributed by atoms with van der Waals surface area (Å²) in [6.45, 7) is -0.627. The highest BCUT2D eigenvalue weighted by atomic mass is 35.5. The summed E-state index contributed by atoms with van der Waals surface area (Å²) < 4.78 is 46.7. The molecule has 0 aliphatic rings. The Labute approximate surface area is 178 Å². The number of nitrogens with one attached hydrogen (secondary N) is 1. The van der Waals surface area contributed by atoms with Crippen molar-refractivity contribution in [1.29, 1.82) is 0 Å². The second-order valence-electron chi connectivity index (χ2n) is 6.19. The van der Waals surface area contributed by atoms with E-state index in [1.807, 2.05) is 0 Å². The van der Waals surface area contributed by atoms with Gasteiger partial charge in [-0.15, -0.1) is 0 Å². The molecule has 3 aromatic carbocycles. The van der Waals surface area contributed by atoms with Crippen molar-refractivity contribution in [2.75, 3.05) is 23.3 Å². The van der Waals surface area contributed by atoms with E-state index in [9.17, 15) is 17.6 Å². The number of nitrogens with zero attached hydrogens (tertiary/aromatic N) is 1. The summed E-state index contributed by atoms with van der Waals surface area (Å²) in [7, 11) is -2.79. The molecule has 0 atom stereocenters. The van der Waals surface area contributed by atoms with Gasteiger partial charge in [-0.1, -0.05) is 23.7 Å². The Kier molecular flexibility index (Phi) is 6.59. The Balaban J connectivity index is 1.95.